The molecule has 0 aliphatic carbocycles. The van der Waals surface area contributed by atoms with Crippen LogP contribution < -0.4 is 5.32 Å². The summed E-state index contributed by atoms with van der Waals surface area (Å²) in [6.07, 6.45) is 0.539. The Morgan fingerprint density at radius 1 is 1.47 bits per heavy atom. The van der Waals surface area contributed by atoms with Crippen LogP contribution in [-0.2, 0) is 4.74 Å². The molecule has 0 spiro atoms. The molecule has 5 heteroatoms. The van der Waals surface area contributed by atoms with Crippen molar-refractivity contribution in [1.82, 2.24) is 10.2 Å². The molecule has 0 aromatic carbocycles. The van der Waals surface area contributed by atoms with E-state index in [4.69, 9.17) is 4.74 Å². The first-order valence-electron chi connectivity index (χ1n) is 7.06. The minimum absolute atomic E-state index is 0.139. The fraction of sp³-hybridized carbons (Fsp3) is 0.714. The van der Waals surface area contributed by atoms with Crippen LogP contribution in [0, 0.1) is 0 Å². The molecule has 108 valence electrons. The lowest BCUT2D eigenvalue weighted by Crippen LogP contribution is -2.43. The van der Waals surface area contributed by atoms with E-state index < -0.39 is 6.10 Å². The summed E-state index contributed by atoms with van der Waals surface area (Å²) in [6.45, 7) is 7.78. The Morgan fingerprint density at radius 3 is 2.89 bits per heavy atom. The van der Waals surface area contributed by atoms with E-state index in [0.29, 0.717) is 0 Å². The summed E-state index contributed by atoms with van der Waals surface area (Å²) >= 11 is 1.62. The van der Waals surface area contributed by atoms with Gasteiger partial charge in [0.05, 0.1) is 13.2 Å². The highest BCUT2D eigenvalue weighted by atomic mass is 32.1. The first-order valence-corrected chi connectivity index (χ1v) is 7.94. The molecular weight excluding hydrogens is 260 g/mol. The maximum atomic E-state index is 10.3. The summed E-state index contributed by atoms with van der Waals surface area (Å²) in [4.78, 5) is 3.45. The average molecular weight is 284 g/mol. The first-order chi connectivity index (χ1) is 9.31. The van der Waals surface area contributed by atoms with Crippen LogP contribution in [0.5, 0.6) is 0 Å². The molecule has 1 aromatic rings. The standard InChI is InChI=1S/C14H24N2O2S/c1-2-12(14(17)13-4-3-11-19-13)15-5-6-16-7-9-18-10-8-16/h3-4,11-12,14-15,17H,2,5-10H2,1H3. The van der Waals surface area contributed by atoms with Crippen molar-refractivity contribution in [2.75, 3.05) is 39.4 Å². The van der Waals surface area contributed by atoms with Gasteiger partial charge in [0.1, 0.15) is 6.10 Å². The van der Waals surface area contributed by atoms with Crippen LogP contribution in [0.25, 0.3) is 0 Å². The van der Waals surface area contributed by atoms with Crippen molar-refractivity contribution in [2.24, 2.45) is 0 Å². The Balaban J connectivity index is 1.72. The van der Waals surface area contributed by atoms with Crippen LogP contribution in [0.1, 0.15) is 24.3 Å². The summed E-state index contributed by atoms with van der Waals surface area (Å²) in [5.41, 5.74) is 0. The second-order valence-electron chi connectivity index (χ2n) is 4.88. The summed E-state index contributed by atoms with van der Waals surface area (Å²) in [5.74, 6) is 0. The van der Waals surface area contributed by atoms with E-state index in [1.807, 2.05) is 17.5 Å². The number of rotatable bonds is 7. The summed E-state index contributed by atoms with van der Waals surface area (Å²) < 4.78 is 5.33. The highest BCUT2D eigenvalue weighted by Gasteiger charge is 2.19. The second kappa shape index (κ2) is 7.97. The summed E-state index contributed by atoms with van der Waals surface area (Å²) in [7, 11) is 0. The fourth-order valence-corrected chi connectivity index (χ4v) is 3.15. The Morgan fingerprint density at radius 2 is 2.26 bits per heavy atom. The lowest BCUT2D eigenvalue weighted by atomic mass is 10.1. The van der Waals surface area contributed by atoms with E-state index >= 15 is 0 Å². The normalized spacial score (nSPS) is 20.3. The van der Waals surface area contributed by atoms with Gasteiger partial charge in [0, 0.05) is 37.1 Å². The van der Waals surface area contributed by atoms with Gasteiger partial charge < -0.3 is 15.2 Å². The zero-order chi connectivity index (χ0) is 13.5. The van der Waals surface area contributed by atoms with Gasteiger partial charge in [-0.2, -0.15) is 0 Å². The maximum absolute atomic E-state index is 10.3. The third-order valence-corrected chi connectivity index (χ3v) is 4.54. The number of morpholine rings is 1. The number of hydrogen-bond donors (Lipinski definition) is 2. The SMILES string of the molecule is CCC(NCCN1CCOCC1)C(O)c1cccs1. The Labute approximate surface area is 119 Å². The summed E-state index contributed by atoms with van der Waals surface area (Å²) in [6, 6.07) is 4.13. The number of nitrogens with one attached hydrogen (secondary N) is 1. The highest BCUT2D eigenvalue weighted by Crippen LogP contribution is 2.23. The van der Waals surface area contributed by atoms with Gasteiger partial charge in [0.25, 0.3) is 0 Å². The molecule has 0 bridgehead atoms. The molecule has 0 saturated carbocycles. The topological polar surface area (TPSA) is 44.7 Å². The van der Waals surface area contributed by atoms with Gasteiger partial charge in [-0.05, 0) is 17.9 Å². The van der Waals surface area contributed by atoms with E-state index in [9.17, 15) is 5.11 Å². The third kappa shape index (κ3) is 4.54. The number of nitrogens with zero attached hydrogens (tertiary/aromatic N) is 1. The Kier molecular flexibility index (Phi) is 6.26. The van der Waals surface area contributed by atoms with Crippen LogP contribution in [0.15, 0.2) is 17.5 Å². The molecule has 4 nitrogen and oxygen atoms in total. The molecule has 1 aliphatic heterocycles. The van der Waals surface area contributed by atoms with E-state index in [-0.39, 0.29) is 6.04 Å². The predicted molar refractivity (Wildman–Crippen MR) is 78.6 cm³/mol. The van der Waals surface area contributed by atoms with E-state index in [0.717, 1.165) is 50.7 Å². The lowest BCUT2D eigenvalue weighted by molar-refractivity contribution is 0.0369. The molecule has 2 N–H and O–H groups in total. The van der Waals surface area contributed by atoms with Crippen molar-refractivity contribution in [2.45, 2.75) is 25.5 Å². The molecule has 2 rings (SSSR count). The van der Waals surface area contributed by atoms with Crippen LogP contribution in [0.2, 0.25) is 0 Å². The number of ether oxygens (including phenoxy) is 1. The molecular formula is C14H24N2O2S. The molecule has 2 atom stereocenters. The third-order valence-electron chi connectivity index (χ3n) is 3.59. The number of aliphatic hydroxyl groups excluding tert-OH is 1. The number of thiophene rings is 1. The minimum atomic E-state index is -0.394. The van der Waals surface area contributed by atoms with Crippen molar-refractivity contribution in [3.05, 3.63) is 22.4 Å². The van der Waals surface area contributed by atoms with E-state index in [1.165, 1.54) is 0 Å². The van der Waals surface area contributed by atoms with Crippen LogP contribution in [-0.4, -0.2) is 55.4 Å². The van der Waals surface area contributed by atoms with Crippen LogP contribution in [0.4, 0.5) is 0 Å². The monoisotopic (exact) mass is 284 g/mol. The van der Waals surface area contributed by atoms with Gasteiger partial charge >= 0.3 is 0 Å². The van der Waals surface area contributed by atoms with E-state index in [2.05, 4.69) is 17.1 Å². The molecule has 2 unspecified atom stereocenters. The molecule has 19 heavy (non-hydrogen) atoms. The molecule has 1 aromatic heterocycles. The molecule has 1 fully saturated rings. The second-order valence-corrected chi connectivity index (χ2v) is 5.86. The van der Waals surface area contributed by atoms with Crippen LogP contribution in [0.3, 0.4) is 0 Å². The summed E-state index contributed by atoms with van der Waals surface area (Å²) in [5, 5.41) is 15.8. The Hall–Kier alpha value is -0.460. The fourth-order valence-electron chi connectivity index (χ4n) is 2.37. The minimum Gasteiger partial charge on any atom is -0.386 e. The lowest BCUT2D eigenvalue weighted by Gasteiger charge is -2.28. The van der Waals surface area contributed by atoms with Crippen molar-refractivity contribution < 1.29 is 9.84 Å². The number of aliphatic hydroxyl groups is 1. The quantitative estimate of drug-likeness (QED) is 0.796. The average Bonchev–Trinajstić information content (AvgIpc) is 2.98. The van der Waals surface area contributed by atoms with Gasteiger partial charge in [-0.25, -0.2) is 0 Å². The van der Waals surface area contributed by atoms with Gasteiger partial charge in [-0.3, -0.25) is 4.90 Å². The van der Waals surface area contributed by atoms with Crippen molar-refractivity contribution in [3.63, 3.8) is 0 Å². The Bertz CT molecular complexity index is 339. The first kappa shape index (κ1) is 14.9. The smallest absolute Gasteiger partial charge is 0.103 e. The molecule has 0 amide bonds. The molecule has 0 radical (unpaired) electrons. The van der Waals surface area contributed by atoms with Gasteiger partial charge in [0.2, 0.25) is 0 Å². The highest BCUT2D eigenvalue weighted by molar-refractivity contribution is 7.10. The van der Waals surface area contributed by atoms with Crippen molar-refractivity contribution in [1.29, 1.82) is 0 Å². The van der Waals surface area contributed by atoms with Crippen LogP contribution >= 0.6 is 11.3 Å². The largest absolute Gasteiger partial charge is 0.386 e. The van der Waals surface area contributed by atoms with Crippen molar-refractivity contribution in [3.8, 4) is 0 Å². The van der Waals surface area contributed by atoms with Gasteiger partial charge in [-0.15, -0.1) is 11.3 Å². The van der Waals surface area contributed by atoms with E-state index in [1.54, 1.807) is 11.3 Å². The number of hydrogen-bond acceptors (Lipinski definition) is 5. The zero-order valence-corrected chi connectivity index (χ0v) is 12.4. The maximum Gasteiger partial charge on any atom is 0.103 e. The molecule has 2 heterocycles. The predicted octanol–water partition coefficient (Wildman–Crippen LogP) is 1.48. The zero-order valence-electron chi connectivity index (χ0n) is 11.5. The van der Waals surface area contributed by atoms with Crippen molar-refractivity contribution >= 4 is 11.3 Å². The van der Waals surface area contributed by atoms with Gasteiger partial charge in [-0.1, -0.05) is 13.0 Å². The van der Waals surface area contributed by atoms with Gasteiger partial charge in [0.15, 0.2) is 0 Å². The molecule has 1 aliphatic rings. The molecule has 1 saturated heterocycles.